The Bertz CT molecular complexity index is 1150. The Balaban J connectivity index is 1.93. The highest BCUT2D eigenvalue weighted by atomic mass is 79.9. The van der Waals surface area contributed by atoms with E-state index in [4.69, 9.17) is 13.9 Å². The average Bonchev–Trinajstić information content (AvgIpc) is 3.40. The van der Waals surface area contributed by atoms with Crippen LogP contribution >= 0.6 is 15.9 Å². The Kier molecular flexibility index (Phi) is 5.56. The maximum absolute atomic E-state index is 13.1. The molecule has 0 saturated carbocycles. The van der Waals surface area contributed by atoms with E-state index in [0.717, 1.165) is 4.47 Å². The van der Waals surface area contributed by atoms with Gasteiger partial charge in [-0.15, -0.1) is 0 Å². The fourth-order valence-electron chi connectivity index (χ4n) is 3.51. The number of methoxy groups -OCH3 is 2. The number of Topliss-reactive ketones (excluding diaryl/α,β-unsaturated/α-hetero) is 1. The second kappa shape index (κ2) is 8.31. The number of anilines is 1. The SMILES string of the molecule is COc1cc(OC)cc(N2C(=O)C(=O)/C(=C(\O)c3ccc(Br)cc3)C2c2ccco2)c1. The fourth-order valence-corrected chi connectivity index (χ4v) is 3.77. The lowest BCUT2D eigenvalue weighted by molar-refractivity contribution is -0.132. The first-order chi connectivity index (χ1) is 14.9. The molecule has 4 rings (SSSR count). The molecule has 2 heterocycles. The summed E-state index contributed by atoms with van der Waals surface area (Å²) in [4.78, 5) is 27.4. The zero-order valence-electron chi connectivity index (χ0n) is 16.7. The molecule has 158 valence electrons. The summed E-state index contributed by atoms with van der Waals surface area (Å²) in [5, 5.41) is 11.0. The molecule has 31 heavy (non-hydrogen) atoms. The van der Waals surface area contributed by atoms with Crippen LogP contribution in [-0.4, -0.2) is 31.0 Å². The second-order valence-corrected chi connectivity index (χ2v) is 7.68. The first-order valence-corrected chi connectivity index (χ1v) is 10.1. The van der Waals surface area contributed by atoms with Gasteiger partial charge in [-0.3, -0.25) is 14.5 Å². The molecule has 0 radical (unpaired) electrons. The summed E-state index contributed by atoms with van der Waals surface area (Å²) in [6, 6.07) is 14.0. The summed E-state index contributed by atoms with van der Waals surface area (Å²) < 4.78 is 17.0. The first-order valence-electron chi connectivity index (χ1n) is 9.28. The van der Waals surface area contributed by atoms with Gasteiger partial charge in [-0.1, -0.05) is 28.1 Å². The van der Waals surface area contributed by atoms with E-state index < -0.39 is 17.7 Å². The van der Waals surface area contributed by atoms with Crippen molar-refractivity contribution in [1.82, 2.24) is 0 Å². The van der Waals surface area contributed by atoms with E-state index >= 15 is 0 Å². The third kappa shape index (κ3) is 3.70. The van der Waals surface area contributed by atoms with Crippen LogP contribution in [0.4, 0.5) is 5.69 Å². The van der Waals surface area contributed by atoms with Crippen LogP contribution in [0.1, 0.15) is 17.4 Å². The van der Waals surface area contributed by atoms with Crippen molar-refractivity contribution in [2.75, 3.05) is 19.1 Å². The number of ether oxygens (including phenoxy) is 2. The highest BCUT2D eigenvalue weighted by Gasteiger charge is 2.48. The lowest BCUT2D eigenvalue weighted by atomic mass is 9.99. The molecule has 1 atom stereocenters. The number of hydrogen-bond acceptors (Lipinski definition) is 6. The molecule has 1 aliphatic heterocycles. The molecular weight excluding hydrogens is 466 g/mol. The number of nitrogens with zero attached hydrogens (tertiary/aromatic N) is 1. The van der Waals surface area contributed by atoms with Crippen LogP contribution in [0, 0.1) is 0 Å². The maximum atomic E-state index is 13.1. The van der Waals surface area contributed by atoms with Crippen molar-refractivity contribution in [3.8, 4) is 11.5 Å². The molecule has 2 aromatic carbocycles. The average molecular weight is 484 g/mol. The molecule has 1 N–H and O–H groups in total. The zero-order valence-corrected chi connectivity index (χ0v) is 18.3. The van der Waals surface area contributed by atoms with Crippen molar-refractivity contribution < 1.29 is 28.6 Å². The zero-order chi connectivity index (χ0) is 22.1. The number of hydrogen-bond donors (Lipinski definition) is 1. The molecule has 1 saturated heterocycles. The van der Waals surface area contributed by atoms with Crippen molar-refractivity contribution in [1.29, 1.82) is 0 Å². The summed E-state index contributed by atoms with van der Waals surface area (Å²) in [6.07, 6.45) is 1.45. The minimum atomic E-state index is -0.963. The monoisotopic (exact) mass is 483 g/mol. The first kappa shape index (κ1) is 20.7. The van der Waals surface area contributed by atoms with E-state index in [1.165, 1.54) is 25.4 Å². The smallest absolute Gasteiger partial charge is 0.300 e. The van der Waals surface area contributed by atoms with Gasteiger partial charge >= 0.3 is 0 Å². The van der Waals surface area contributed by atoms with Crippen LogP contribution in [0.5, 0.6) is 11.5 Å². The number of amides is 1. The standard InChI is InChI=1S/C23H18BrNO6/c1-29-16-10-15(11-17(12-16)30-2)25-20(18-4-3-9-31-18)19(22(27)23(25)28)21(26)13-5-7-14(24)8-6-13/h3-12,20,26H,1-2H3/b21-19-. The molecule has 1 unspecified atom stereocenters. The van der Waals surface area contributed by atoms with Crippen LogP contribution in [0.25, 0.3) is 5.76 Å². The third-order valence-corrected chi connectivity index (χ3v) is 5.52. The van der Waals surface area contributed by atoms with E-state index in [1.807, 2.05) is 0 Å². The van der Waals surface area contributed by atoms with Crippen LogP contribution in [-0.2, 0) is 9.59 Å². The lowest BCUT2D eigenvalue weighted by Crippen LogP contribution is -2.29. The second-order valence-electron chi connectivity index (χ2n) is 6.76. The van der Waals surface area contributed by atoms with E-state index in [1.54, 1.807) is 54.6 Å². The minimum absolute atomic E-state index is 0.0657. The molecule has 8 heteroatoms. The Hall–Kier alpha value is -3.52. The van der Waals surface area contributed by atoms with Crippen LogP contribution in [0.3, 0.4) is 0 Å². The third-order valence-electron chi connectivity index (χ3n) is 4.99. The van der Waals surface area contributed by atoms with Gasteiger partial charge < -0.3 is 19.0 Å². The van der Waals surface area contributed by atoms with Crippen molar-refractivity contribution >= 4 is 39.1 Å². The van der Waals surface area contributed by atoms with Gasteiger partial charge in [0, 0.05) is 28.2 Å². The van der Waals surface area contributed by atoms with E-state index in [2.05, 4.69) is 15.9 Å². The van der Waals surface area contributed by atoms with Crippen LogP contribution < -0.4 is 14.4 Å². The molecule has 0 bridgehead atoms. The molecule has 1 aliphatic rings. The largest absolute Gasteiger partial charge is 0.507 e. The number of benzene rings is 2. The van der Waals surface area contributed by atoms with Crippen LogP contribution in [0.2, 0.25) is 0 Å². The van der Waals surface area contributed by atoms with Crippen molar-refractivity contribution in [2.45, 2.75) is 6.04 Å². The quantitative estimate of drug-likeness (QED) is 0.321. The number of aliphatic hydroxyl groups is 1. The molecule has 0 spiro atoms. The summed E-state index contributed by atoms with van der Waals surface area (Å²) in [5.41, 5.74) is 0.708. The molecule has 0 aliphatic carbocycles. The maximum Gasteiger partial charge on any atom is 0.300 e. The highest BCUT2D eigenvalue weighted by molar-refractivity contribution is 9.10. The Labute approximate surface area is 186 Å². The Morgan fingerprint density at radius 2 is 1.68 bits per heavy atom. The van der Waals surface area contributed by atoms with E-state index in [9.17, 15) is 14.7 Å². The number of carbonyl (C=O) groups excluding carboxylic acids is 2. The van der Waals surface area contributed by atoms with Gasteiger partial charge in [0.25, 0.3) is 11.7 Å². The predicted octanol–water partition coefficient (Wildman–Crippen LogP) is 4.69. The molecule has 1 fully saturated rings. The van der Waals surface area contributed by atoms with Gasteiger partial charge in [0.2, 0.25) is 0 Å². The molecule has 1 amide bonds. The highest BCUT2D eigenvalue weighted by Crippen LogP contribution is 2.44. The Morgan fingerprint density at radius 3 is 2.23 bits per heavy atom. The fraction of sp³-hybridized carbons (Fsp3) is 0.130. The number of halogens is 1. The normalized spacial score (nSPS) is 17.8. The minimum Gasteiger partial charge on any atom is -0.507 e. The number of aliphatic hydroxyl groups excluding tert-OH is 1. The van der Waals surface area contributed by atoms with Gasteiger partial charge in [0.05, 0.1) is 31.7 Å². The van der Waals surface area contributed by atoms with Gasteiger partial charge in [-0.25, -0.2) is 0 Å². The van der Waals surface area contributed by atoms with Gasteiger partial charge in [0.15, 0.2) is 0 Å². The summed E-state index contributed by atoms with van der Waals surface area (Å²) in [5.74, 6) is -0.673. The van der Waals surface area contributed by atoms with Crippen molar-refractivity contribution in [2.24, 2.45) is 0 Å². The number of ketones is 1. The summed E-state index contributed by atoms with van der Waals surface area (Å²) >= 11 is 3.34. The Morgan fingerprint density at radius 1 is 1.03 bits per heavy atom. The summed E-state index contributed by atoms with van der Waals surface area (Å²) in [6.45, 7) is 0. The molecule has 1 aromatic heterocycles. The van der Waals surface area contributed by atoms with Gasteiger partial charge in [-0.2, -0.15) is 0 Å². The topological polar surface area (TPSA) is 89.2 Å². The number of furan rings is 1. The predicted molar refractivity (Wildman–Crippen MR) is 117 cm³/mol. The van der Waals surface area contributed by atoms with Crippen LogP contribution in [0.15, 0.2) is 75.3 Å². The number of rotatable bonds is 5. The molecular formula is C23H18BrNO6. The van der Waals surface area contributed by atoms with Crippen molar-refractivity contribution in [3.63, 3.8) is 0 Å². The van der Waals surface area contributed by atoms with Gasteiger partial charge in [-0.05, 0) is 24.3 Å². The van der Waals surface area contributed by atoms with E-state index in [0.29, 0.717) is 28.5 Å². The molecule has 7 nitrogen and oxygen atoms in total. The summed E-state index contributed by atoms with van der Waals surface area (Å²) in [7, 11) is 2.98. The van der Waals surface area contributed by atoms with E-state index in [-0.39, 0.29) is 11.3 Å². The van der Waals surface area contributed by atoms with Gasteiger partial charge in [0.1, 0.15) is 29.1 Å². The lowest BCUT2D eigenvalue weighted by Gasteiger charge is -2.24. The van der Waals surface area contributed by atoms with Crippen molar-refractivity contribution in [3.05, 3.63) is 82.2 Å². The number of carbonyl (C=O) groups is 2. The molecule has 3 aromatic rings.